The molecule has 0 aliphatic heterocycles. The normalized spacial score (nSPS) is 10.8. The zero-order valence-electron chi connectivity index (χ0n) is 12.6. The molecule has 0 radical (unpaired) electrons. The third-order valence-electron chi connectivity index (χ3n) is 3.51. The van der Waals surface area contributed by atoms with Gasteiger partial charge in [-0.2, -0.15) is 5.10 Å². The van der Waals surface area contributed by atoms with Crippen molar-refractivity contribution in [2.45, 2.75) is 12.8 Å². The van der Waals surface area contributed by atoms with E-state index in [-0.39, 0.29) is 6.42 Å². The first-order valence-electron chi connectivity index (χ1n) is 7.35. The van der Waals surface area contributed by atoms with Crippen molar-refractivity contribution in [3.05, 3.63) is 70.3 Å². The van der Waals surface area contributed by atoms with Crippen molar-refractivity contribution in [3.63, 3.8) is 0 Å². The zero-order chi connectivity index (χ0) is 17.1. The number of rotatable bonds is 5. The molecule has 4 nitrogen and oxygen atoms in total. The molecule has 24 heavy (non-hydrogen) atoms. The first-order valence-corrected chi connectivity index (χ1v) is 8.11. The van der Waals surface area contributed by atoms with Crippen LogP contribution in [0.3, 0.4) is 0 Å². The van der Waals surface area contributed by atoms with Crippen LogP contribution >= 0.6 is 23.2 Å². The Bertz CT molecular complexity index is 856. The lowest BCUT2D eigenvalue weighted by Crippen LogP contribution is -2.01. The van der Waals surface area contributed by atoms with Crippen LogP contribution in [0, 0.1) is 0 Å². The van der Waals surface area contributed by atoms with Crippen LogP contribution in [0.1, 0.15) is 12.1 Å². The smallest absolute Gasteiger partial charge is 0.303 e. The maximum atomic E-state index is 10.8. The fourth-order valence-corrected chi connectivity index (χ4v) is 2.99. The van der Waals surface area contributed by atoms with Gasteiger partial charge in [0.05, 0.1) is 23.5 Å². The maximum Gasteiger partial charge on any atom is 0.303 e. The Morgan fingerprint density at radius 2 is 1.71 bits per heavy atom. The molecule has 0 fully saturated rings. The minimum Gasteiger partial charge on any atom is -0.481 e. The molecule has 0 amide bonds. The van der Waals surface area contributed by atoms with Gasteiger partial charge in [-0.3, -0.25) is 4.79 Å². The molecule has 0 saturated carbocycles. The summed E-state index contributed by atoms with van der Waals surface area (Å²) in [5.74, 6) is -0.850. The highest BCUT2D eigenvalue weighted by atomic mass is 35.5. The number of carboxylic acid groups (broad SMARTS) is 1. The molecule has 3 aromatic rings. The van der Waals surface area contributed by atoms with Gasteiger partial charge >= 0.3 is 5.97 Å². The van der Waals surface area contributed by atoms with Gasteiger partial charge in [-0.25, -0.2) is 4.68 Å². The number of benzene rings is 2. The van der Waals surface area contributed by atoms with Crippen LogP contribution < -0.4 is 0 Å². The van der Waals surface area contributed by atoms with E-state index in [4.69, 9.17) is 28.3 Å². The third kappa shape index (κ3) is 3.78. The van der Waals surface area contributed by atoms with Gasteiger partial charge in [-0.05, 0) is 36.4 Å². The molecule has 1 heterocycles. The highest BCUT2D eigenvalue weighted by Crippen LogP contribution is 2.29. The quantitative estimate of drug-likeness (QED) is 0.706. The Balaban J connectivity index is 2.10. The highest BCUT2D eigenvalue weighted by Gasteiger charge is 2.13. The van der Waals surface area contributed by atoms with Crippen LogP contribution in [0.25, 0.3) is 16.9 Å². The van der Waals surface area contributed by atoms with E-state index in [2.05, 4.69) is 5.10 Å². The lowest BCUT2D eigenvalue weighted by molar-refractivity contribution is -0.136. The summed E-state index contributed by atoms with van der Waals surface area (Å²) in [6, 6.07) is 16.8. The molecular weight excluding hydrogens is 347 g/mol. The SMILES string of the molecule is O=C(O)CCc1cc(-c2cc(Cl)cc(Cl)c2)n(-c2ccccc2)n1. The van der Waals surface area contributed by atoms with E-state index >= 15 is 0 Å². The van der Waals surface area contributed by atoms with Crippen molar-refractivity contribution in [1.82, 2.24) is 9.78 Å². The van der Waals surface area contributed by atoms with Crippen molar-refractivity contribution in [2.75, 3.05) is 0 Å². The third-order valence-corrected chi connectivity index (χ3v) is 3.95. The average molecular weight is 361 g/mol. The van der Waals surface area contributed by atoms with Gasteiger partial charge in [0.2, 0.25) is 0 Å². The van der Waals surface area contributed by atoms with Crippen molar-refractivity contribution < 1.29 is 9.90 Å². The van der Waals surface area contributed by atoms with E-state index in [0.29, 0.717) is 22.2 Å². The zero-order valence-corrected chi connectivity index (χ0v) is 14.1. The summed E-state index contributed by atoms with van der Waals surface area (Å²) in [5.41, 5.74) is 3.22. The van der Waals surface area contributed by atoms with Gasteiger partial charge in [0.25, 0.3) is 0 Å². The second-order valence-electron chi connectivity index (χ2n) is 5.32. The van der Waals surface area contributed by atoms with Gasteiger partial charge in [-0.1, -0.05) is 41.4 Å². The van der Waals surface area contributed by atoms with Crippen molar-refractivity contribution >= 4 is 29.2 Å². The minimum absolute atomic E-state index is 0.0293. The van der Waals surface area contributed by atoms with Gasteiger partial charge in [0, 0.05) is 22.0 Å². The van der Waals surface area contributed by atoms with Gasteiger partial charge < -0.3 is 5.11 Å². The Morgan fingerprint density at radius 1 is 1.04 bits per heavy atom. The lowest BCUT2D eigenvalue weighted by Gasteiger charge is -2.08. The van der Waals surface area contributed by atoms with E-state index in [1.807, 2.05) is 48.5 Å². The molecule has 6 heteroatoms. The number of halogens is 2. The molecule has 0 atom stereocenters. The molecule has 1 N–H and O–H groups in total. The lowest BCUT2D eigenvalue weighted by atomic mass is 10.1. The summed E-state index contributed by atoms with van der Waals surface area (Å²) in [5, 5.41) is 14.5. The Morgan fingerprint density at radius 3 is 2.33 bits per heavy atom. The summed E-state index contributed by atoms with van der Waals surface area (Å²) in [4.78, 5) is 10.8. The summed E-state index contributed by atoms with van der Waals surface area (Å²) >= 11 is 12.2. The summed E-state index contributed by atoms with van der Waals surface area (Å²) in [6.07, 6.45) is 0.387. The van der Waals surface area contributed by atoms with E-state index in [9.17, 15) is 4.79 Å². The topological polar surface area (TPSA) is 55.1 Å². The minimum atomic E-state index is -0.850. The van der Waals surface area contributed by atoms with Crippen LogP contribution in [-0.4, -0.2) is 20.9 Å². The Labute approximate surface area is 149 Å². The fourth-order valence-electron chi connectivity index (χ4n) is 2.46. The van der Waals surface area contributed by atoms with Crippen LogP contribution in [0.15, 0.2) is 54.6 Å². The van der Waals surface area contributed by atoms with Crippen LogP contribution in [0.4, 0.5) is 0 Å². The second-order valence-corrected chi connectivity index (χ2v) is 6.19. The number of para-hydroxylation sites is 1. The molecule has 1 aromatic heterocycles. The molecule has 0 saturated heterocycles. The first-order chi connectivity index (χ1) is 11.5. The molecule has 0 aliphatic rings. The number of carbonyl (C=O) groups is 1. The number of carboxylic acids is 1. The van der Waals surface area contributed by atoms with Crippen molar-refractivity contribution in [2.24, 2.45) is 0 Å². The molecule has 2 aromatic carbocycles. The summed E-state index contributed by atoms with van der Waals surface area (Å²) in [6.45, 7) is 0. The summed E-state index contributed by atoms with van der Waals surface area (Å²) < 4.78 is 1.78. The predicted molar refractivity (Wildman–Crippen MR) is 95.0 cm³/mol. The van der Waals surface area contributed by atoms with E-state index < -0.39 is 5.97 Å². The van der Waals surface area contributed by atoms with Crippen LogP contribution in [-0.2, 0) is 11.2 Å². The maximum absolute atomic E-state index is 10.8. The van der Waals surface area contributed by atoms with Crippen LogP contribution in [0.2, 0.25) is 10.0 Å². The number of hydrogen-bond donors (Lipinski definition) is 1. The van der Waals surface area contributed by atoms with Crippen LogP contribution in [0.5, 0.6) is 0 Å². The molecule has 0 spiro atoms. The molecular formula is C18H14Cl2N2O2. The predicted octanol–water partition coefficient (Wildman–Crippen LogP) is 4.86. The Kier molecular flexibility index (Phi) is 4.88. The molecule has 0 unspecified atom stereocenters. The number of nitrogens with zero attached hydrogens (tertiary/aromatic N) is 2. The number of hydrogen-bond acceptors (Lipinski definition) is 2. The number of aryl methyl sites for hydroxylation is 1. The Hall–Kier alpha value is -2.30. The van der Waals surface area contributed by atoms with Gasteiger partial charge in [0.15, 0.2) is 0 Å². The van der Waals surface area contributed by atoms with E-state index in [1.165, 1.54) is 0 Å². The molecule has 3 rings (SSSR count). The molecule has 0 aliphatic carbocycles. The van der Waals surface area contributed by atoms with E-state index in [0.717, 1.165) is 16.9 Å². The molecule has 122 valence electrons. The highest BCUT2D eigenvalue weighted by molar-refractivity contribution is 6.35. The first kappa shape index (κ1) is 16.6. The second kappa shape index (κ2) is 7.07. The fraction of sp³-hybridized carbons (Fsp3) is 0.111. The summed E-state index contributed by atoms with van der Waals surface area (Å²) in [7, 11) is 0. The number of aliphatic carboxylic acids is 1. The van der Waals surface area contributed by atoms with E-state index in [1.54, 1.807) is 10.7 Å². The van der Waals surface area contributed by atoms with Crippen molar-refractivity contribution in [3.8, 4) is 16.9 Å². The molecule has 0 bridgehead atoms. The van der Waals surface area contributed by atoms with Crippen molar-refractivity contribution in [1.29, 1.82) is 0 Å². The standard InChI is InChI=1S/C18H14Cl2N2O2/c19-13-8-12(9-14(20)10-13)17-11-15(6-7-18(23)24)21-22(17)16-4-2-1-3-5-16/h1-5,8-11H,6-7H2,(H,23,24). The average Bonchev–Trinajstić information content (AvgIpc) is 2.97. The number of aromatic nitrogens is 2. The van der Waals surface area contributed by atoms with Gasteiger partial charge in [0.1, 0.15) is 0 Å². The largest absolute Gasteiger partial charge is 0.481 e. The van der Waals surface area contributed by atoms with Gasteiger partial charge in [-0.15, -0.1) is 0 Å². The monoisotopic (exact) mass is 360 g/mol.